The van der Waals surface area contributed by atoms with E-state index in [1.54, 1.807) is 35.2 Å². The van der Waals surface area contributed by atoms with Gasteiger partial charge in [0.25, 0.3) is 0 Å². The van der Waals surface area contributed by atoms with Gasteiger partial charge >= 0.3 is 11.9 Å². The number of hydrogen-bond acceptors (Lipinski definition) is 8. The Labute approximate surface area is 221 Å². The fourth-order valence-electron chi connectivity index (χ4n) is 4.01. The number of aryl methyl sites for hydroxylation is 2. The lowest BCUT2D eigenvalue weighted by Gasteiger charge is -2.19. The van der Waals surface area contributed by atoms with Crippen molar-refractivity contribution in [1.82, 2.24) is 19.5 Å². The molecule has 0 amide bonds. The minimum atomic E-state index is -0.669. The van der Waals surface area contributed by atoms with Crippen LogP contribution < -0.4 is 0 Å². The van der Waals surface area contributed by atoms with E-state index in [1.165, 1.54) is 6.33 Å². The van der Waals surface area contributed by atoms with E-state index in [0.717, 1.165) is 14.8 Å². The van der Waals surface area contributed by atoms with Crippen molar-refractivity contribution in [2.75, 3.05) is 6.61 Å². The first-order valence-corrected chi connectivity index (χ1v) is 12.5. The van der Waals surface area contributed by atoms with Gasteiger partial charge in [0.2, 0.25) is 0 Å². The number of esters is 2. The molecular formula is C26H23IN4O5. The lowest BCUT2D eigenvalue weighted by molar-refractivity contribution is -0.0563. The third-order valence-corrected chi connectivity index (χ3v) is 6.81. The van der Waals surface area contributed by atoms with Crippen molar-refractivity contribution in [2.45, 2.75) is 38.7 Å². The van der Waals surface area contributed by atoms with E-state index in [4.69, 9.17) is 14.2 Å². The molecular weight excluding hydrogens is 575 g/mol. The third-order valence-electron chi connectivity index (χ3n) is 6.02. The van der Waals surface area contributed by atoms with E-state index < -0.39 is 30.4 Å². The van der Waals surface area contributed by atoms with Gasteiger partial charge in [-0.1, -0.05) is 35.4 Å². The first-order valence-electron chi connectivity index (χ1n) is 11.4. The number of ether oxygens (including phenoxy) is 3. The Kier molecular flexibility index (Phi) is 6.97. The third kappa shape index (κ3) is 5.09. The topological polar surface area (TPSA) is 105 Å². The minimum absolute atomic E-state index is 0.0752. The van der Waals surface area contributed by atoms with Gasteiger partial charge in [-0.2, -0.15) is 0 Å². The van der Waals surface area contributed by atoms with Crippen LogP contribution in [0.5, 0.6) is 0 Å². The van der Waals surface area contributed by atoms with Crippen LogP contribution in [0.4, 0.5) is 0 Å². The van der Waals surface area contributed by atoms with E-state index >= 15 is 0 Å². The largest absolute Gasteiger partial charge is 0.459 e. The SMILES string of the molecule is Cc1ccc(C(=O)OC[C@H]2O[C@@H](n3cnc4c(I)ncnc43)C[C@@H]2OC(=O)c2ccc(C)cc2)cc1. The van der Waals surface area contributed by atoms with Gasteiger partial charge in [0.05, 0.1) is 17.5 Å². The average molecular weight is 598 g/mol. The molecule has 1 aliphatic heterocycles. The minimum Gasteiger partial charge on any atom is -0.459 e. The maximum atomic E-state index is 12.9. The van der Waals surface area contributed by atoms with Crippen molar-refractivity contribution in [2.24, 2.45) is 0 Å². The molecule has 10 heteroatoms. The van der Waals surface area contributed by atoms with Crippen LogP contribution >= 0.6 is 22.6 Å². The predicted octanol–water partition coefficient (Wildman–Crippen LogP) is 4.42. The van der Waals surface area contributed by atoms with Crippen molar-refractivity contribution < 1.29 is 23.8 Å². The van der Waals surface area contributed by atoms with Crippen molar-refractivity contribution in [3.05, 3.63) is 87.1 Å². The molecule has 3 atom stereocenters. The molecule has 36 heavy (non-hydrogen) atoms. The fourth-order valence-corrected chi connectivity index (χ4v) is 4.51. The Balaban J connectivity index is 1.36. The van der Waals surface area contributed by atoms with E-state index in [-0.39, 0.29) is 6.61 Å². The highest BCUT2D eigenvalue weighted by Gasteiger charge is 2.40. The van der Waals surface area contributed by atoms with Crippen molar-refractivity contribution in [1.29, 1.82) is 0 Å². The van der Waals surface area contributed by atoms with Gasteiger partial charge in [-0.15, -0.1) is 0 Å². The van der Waals surface area contributed by atoms with Crippen LogP contribution in [0.25, 0.3) is 11.2 Å². The average Bonchev–Trinajstić information content (AvgIpc) is 3.48. The quantitative estimate of drug-likeness (QED) is 0.183. The van der Waals surface area contributed by atoms with Crippen LogP contribution in [0.3, 0.4) is 0 Å². The van der Waals surface area contributed by atoms with E-state index in [1.807, 2.05) is 38.1 Å². The number of rotatable bonds is 6. The standard InChI is InChI=1S/C26H23IN4O5/c1-15-3-7-17(8-4-15)25(32)34-12-20-19(36-26(33)18-9-5-16(2)6-10-18)11-21(35-20)31-14-30-22-23(27)28-13-29-24(22)31/h3-10,13-14,19-21H,11-12H2,1-2H3/t19-,20+,21+/m0/s1. The normalized spacial score (nSPS) is 19.4. The molecule has 0 saturated carbocycles. The molecule has 9 nitrogen and oxygen atoms in total. The summed E-state index contributed by atoms with van der Waals surface area (Å²) in [6, 6.07) is 14.3. The molecule has 1 aliphatic rings. The second-order valence-electron chi connectivity index (χ2n) is 8.63. The molecule has 2 aromatic heterocycles. The molecule has 5 rings (SSSR count). The van der Waals surface area contributed by atoms with E-state index in [0.29, 0.717) is 28.7 Å². The number of fused-ring (bicyclic) bond motifs is 1. The van der Waals surface area contributed by atoms with Gasteiger partial charge in [-0.25, -0.2) is 24.5 Å². The molecule has 1 saturated heterocycles. The summed E-state index contributed by atoms with van der Waals surface area (Å²) < 4.78 is 20.1. The highest BCUT2D eigenvalue weighted by atomic mass is 127. The Bertz CT molecular complexity index is 1400. The molecule has 0 aliphatic carbocycles. The van der Waals surface area contributed by atoms with Gasteiger partial charge in [-0.3, -0.25) is 4.57 Å². The predicted molar refractivity (Wildman–Crippen MR) is 138 cm³/mol. The first kappa shape index (κ1) is 24.3. The smallest absolute Gasteiger partial charge is 0.338 e. The van der Waals surface area contributed by atoms with Crippen LogP contribution in [0.1, 0.15) is 44.5 Å². The van der Waals surface area contributed by atoms with Crippen LogP contribution in [0.15, 0.2) is 61.2 Å². The van der Waals surface area contributed by atoms with Gasteiger partial charge in [0, 0.05) is 6.42 Å². The van der Waals surface area contributed by atoms with Crippen molar-refractivity contribution in [3.8, 4) is 0 Å². The van der Waals surface area contributed by atoms with E-state index in [9.17, 15) is 9.59 Å². The van der Waals surface area contributed by atoms with Crippen LogP contribution in [0.2, 0.25) is 0 Å². The van der Waals surface area contributed by atoms with Crippen LogP contribution in [-0.4, -0.2) is 50.3 Å². The number of nitrogens with zero attached hydrogens (tertiary/aromatic N) is 4. The maximum Gasteiger partial charge on any atom is 0.338 e. The molecule has 0 spiro atoms. The van der Waals surface area contributed by atoms with Gasteiger partial charge in [-0.05, 0) is 60.7 Å². The molecule has 1 fully saturated rings. The molecule has 184 valence electrons. The molecule has 4 aromatic rings. The summed E-state index contributed by atoms with van der Waals surface area (Å²) >= 11 is 2.10. The highest BCUT2D eigenvalue weighted by molar-refractivity contribution is 14.1. The number of halogens is 1. The second kappa shape index (κ2) is 10.3. The number of carbonyl (C=O) groups is 2. The number of carbonyl (C=O) groups excluding carboxylic acids is 2. The maximum absolute atomic E-state index is 12.9. The Morgan fingerprint density at radius 2 is 1.61 bits per heavy atom. The lowest BCUT2D eigenvalue weighted by atomic mass is 10.1. The van der Waals surface area contributed by atoms with Gasteiger partial charge in [0.15, 0.2) is 5.65 Å². The molecule has 3 heterocycles. The molecule has 0 bridgehead atoms. The Hall–Kier alpha value is -3.38. The summed E-state index contributed by atoms with van der Waals surface area (Å²) in [7, 11) is 0. The Morgan fingerprint density at radius 1 is 0.972 bits per heavy atom. The monoisotopic (exact) mass is 598 g/mol. The summed E-state index contributed by atoms with van der Waals surface area (Å²) in [4.78, 5) is 38.4. The van der Waals surface area contributed by atoms with Gasteiger partial charge in [0.1, 0.15) is 40.6 Å². The zero-order chi connectivity index (χ0) is 25.2. The lowest BCUT2D eigenvalue weighted by Crippen LogP contribution is -2.32. The van der Waals surface area contributed by atoms with Crippen LogP contribution in [-0.2, 0) is 14.2 Å². The molecule has 0 unspecified atom stereocenters. The second-order valence-corrected chi connectivity index (χ2v) is 9.65. The highest BCUT2D eigenvalue weighted by Crippen LogP contribution is 2.34. The van der Waals surface area contributed by atoms with Gasteiger partial charge < -0.3 is 14.2 Å². The number of imidazole rings is 1. The van der Waals surface area contributed by atoms with Crippen LogP contribution in [0, 0.1) is 17.5 Å². The molecule has 2 aromatic carbocycles. The number of hydrogen-bond donors (Lipinski definition) is 0. The number of benzene rings is 2. The molecule has 0 N–H and O–H groups in total. The summed E-state index contributed by atoms with van der Waals surface area (Å²) in [6.07, 6.45) is 1.61. The van der Waals surface area contributed by atoms with E-state index in [2.05, 4.69) is 37.5 Å². The van der Waals surface area contributed by atoms with Crippen molar-refractivity contribution in [3.63, 3.8) is 0 Å². The summed E-state index contributed by atoms with van der Waals surface area (Å²) in [6.45, 7) is 3.82. The molecule has 0 radical (unpaired) electrons. The summed E-state index contributed by atoms with van der Waals surface area (Å²) in [5, 5.41) is 0. The fraction of sp³-hybridized carbons (Fsp3) is 0.269. The zero-order valence-electron chi connectivity index (χ0n) is 19.6. The van der Waals surface area contributed by atoms with Crippen molar-refractivity contribution >= 4 is 45.7 Å². The first-order chi connectivity index (χ1) is 17.4. The summed E-state index contributed by atoms with van der Waals surface area (Å²) in [5.74, 6) is -0.937. The Morgan fingerprint density at radius 3 is 2.28 bits per heavy atom. The number of aromatic nitrogens is 4. The zero-order valence-corrected chi connectivity index (χ0v) is 21.8. The summed E-state index contributed by atoms with van der Waals surface area (Å²) in [5.41, 5.74) is 4.23.